The number of carbonyl (C=O) groups excluding carboxylic acids is 2. The van der Waals surface area contributed by atoms with Crippen LogP contribution in [0.15, 0.2) is 24.3 Å². The third-order valence-electron chi connectivity index (χ3n) is 3.36. The van der Waals surface area contributed by atoms with E-state index in [2.05, 4.69) is 10.6 Å². The molecule has 110 valence electrons. The second-order valence-electron chi connectivity index (χ2n) is 4.71. The van der Waals surface area contributed by atoms with Crippen LogP contribution < -0.4 is 10.6 Å². The molecule has 5 nitrogen and oxygen atoms in total. The highest BCUT2D eigenvalue weighted by atomic mass is 35.5. The highest BCUT2D eigenvalue weighted by Crippen LogP contribution is 2.12. The lowest BCUT2D eigenvalue weighted by atomic mass is 10.1. The van der Waals surface area contributed by atoms with Crippen LogP contribution in [-0.4, -0.2) is 49.4 Å². The minimum atomic E-state index is -0.178. The number of hydrogen-bond donors (Lipinski definition) is 2. The summed E-state index contributed by atoms with van der Waals surface area (Å²) in [6.45, 7) is 4.34. The number of rotatable bonds is 2. The lowest BCUT2D eigenvalue weighted by Gasteiger charge is -2.34. The van der Waals surface area contributed by atoms with Crippen molar-refractivity contribution in [1.82, 2.24) is 15.5 Å². The zero-order chi connectivity index (χ0) is 13.8. The van der Waals surface area contributed by atoms with Crippen LogP contribution in [0.25, 0.3) is 0 Å². The monoisotopic (exact) mass is 297 g/mol. The summed E-state index contributed by atoms with van der Waals surface area (Å²) in [6.07, 6.45) is 0. The Kier molecular flexibility index (Phi) is 5.98. The van der Waals surface area contributed by atoms with E-state index in [1.54, 1.807) is 31.3 Å². The number of piperazine rings is 1. The van der Waals surface area contributed by atoms with E-state index >= 15 is 0 Å². The summed E-state index contributed by atoms with van der Waals surface area (Å²) < 4.78 is 0. The molecule has 0 aromatic heterocycles. The van der Waals surface area contributed by atoms with Gasteiger partial charge in [-0.2, -0.15) is 0 Å². The molecular formula is C14H20ClN3O2. The van der Waals surface area contributed by atoms with Crippen molar-refractivity contribution >= 4 is 24.2 Å². The Morgan fingerprint density at radius 2 is 2.05 bits per heavy atom. The molecule has 0 radical (unpaired) electrons. The molecule has 2 rings (SSSR count). The summed E-state index contributed by atoms with van der Waals surface area (Å²) in [5, 5.41) is 5.81. The van der Waals surface area contributed by atoms with Crippen molar-refractivity contribution < 1.29 is 9.59 Å². The highest BCUT2D eigenvalue weighted by molar-refractivity contribution is 5.99. The summed E-state index contributed by atoms with van der Waals surface area (Å²) in [7, 11) is 1.58. The molecule has 6 heteroatoms. The zero-order valence-electron chi connectivity index (χ0n) is 11.7. The van der Waals surface area contributed by atoms with Gasteiger partial charge in [-0.3, -0.25) is 9.59 Å². The van der Waals surface area contributed by atoms with Gasteiger partial charge in [-0.1, -0.05) is 6.07 Å². The highest BCUT2D eigenvalue weighted by Gasteiger charge is 2.24. The predicted octanol–water partition coefficient (Wildman–Crippen LogP) is 0.902. The molecule has 20 heavy (non-hydrogen) atoms. The van der Waals surface area contributed by atoms with E-state index in [1.807, 2.05) is 11.8 Å². The molecule has 1 saturated heterocycles. The van der Waals surface area contributed by atoms with Gasteiger partial charge in [0.2, 0.25) is 0 Å². The van der Waals surface area contributed by atoms with Crippen molar-refractivity contribution in [3.05, 3.63) is 35.4 Å². The molecule has 1 unspecified atom stereocenters. The van der Waals surface area contributed by atoms with Crippen molar-refractivity contribution in [2.24, 2.45) is 0 Å². The molecule has 1 aromatic rings. The van der Waals surface area contributed by atoms with Crippen molar-refractivity contribution in [3.63, 3.8) is 0 Å². The fourth-order valence-electron chi connectivity index (χ4n) is 2.25. The average Bonchev–Trinajstić information content (AvgIpc) is 2.46. The predicted molar refractivity (Wildman–Crippen MR) is 80.4 cm³/mol. The first kappa shape index (κ1) is 16.5. The van der Waals surface area contributed by atoms with Gasteiger partial charge in [0, 0.05) is 43.9 Å². The van der Waals surface area contributed by atoms with E-state index in [1.165, 1.54) is 0 Å². The van der Waals surface area contributed by atoms with Crippen LogP contribution >= 0.6 is 12.4 Å². The number of hydrogen-bond acceptors (Lipinski definition) is 3. The molecule has 1 heterocycles. The Labute approximate surface area is 125 Å². The molecular weight excluding hydrogens is 278 g/mol. The maximum Gasteiger partial charge on any atom is 0.254 e. The van der Waals surface area contributed by atoms with Crippen molar-refractivity contribution in [1.29, 1.82) is 0 Å². The Bertz CT molecular complexity index is 493. The number of nitrogens with one attached hydrogen (secondary N) is 2. The summed E-state index contributed by atoms with van der Waals surface area (Å²) in [4.78, 5) is 25.9. The van der Waals surface area contributed by atoms with Crippen LogP contribution in [-0.2, 0) is 0 Å². The molecule has 0 bridgehead atoms. The molecule has 2 N–H and O–H groups in total. The first-order valence-corrected chi connectivity index (χ1v) is 6.47. The van der Waals surface area contributed by atoms with Crippen LogP contribution in [0.3, 0.4) is 0 Å². The fraction of sp³-hybridized carbons (Fsp3) is 0.429. The third kappa shape index (κ3) is 3.49. The Balaban J connectivity index is 0.00000200. The molecule has 1 aliphatic heterocycles. The molecule has 1 fully saturated rings. The van der Waals surface area contributed by atoms with Gasteiger partial charge >= 0.3 is 0 Å². The summed E-state index contributed by atoms with van der Waals surface area (Å²) in [5.74, 6) is -0.192. The molecule has 0 saturated carbocycles. The number of nitrogens with zero attached hydrogens (tertiary/aromatic N) is 1. The van der Waals surface area contributed by atoms with Crippen LogP contribution in [0.4, 0.5) is 0 Å². The van der Waals surface area contributed by atoms with E-state index in [9.17, 15) is 9.59 Å². The van der Waals surface area contributed by atoms with Gasteiger partial charge in [-0.05, 0) is 25.1 Å². The number of amides is 2. The number of halogens is 1. The van der Waals surface area contributed by atoms with Crippen molar-refractivity contribution in [2.75, 3.05) is 26.7 Å². The molecule has 1 aromatic carbocycles. The largest absolute Gasteiger partial charge is 0.355 e. The van der Waals surface area contributed by atoms with Gasteiger partial charge in [-0.25, -0.2) is 0 Å². The summed E-state index contributed by atoms with van der Waals surface area (Å²) >= 11 is 0. The van der Waals surface area contributed by atoms with Crippen molar-refractivity contribution in [3.8, 4) is 0 Å². The Morgan fingerprint density at radius 1 is 1.35 bits per heavy atom. The first-order valence-electron chi connectivity index (χ1n) is 6.47. The lowest BCUT2D eigenvalue weighted by Crippen LogP contribution is -2.52. The van der Waals surface area contributed by atoms with Gasteiger partial charge in [0.25, 0.3) is 11.8 Å². The van der Waals surface area contributed by atoms with E-state index in [-0.39, 0.29) is 30.3 Å². The normalized spacial score (nSPS) is 18.1. The average molecular weight is 298 g/mol. The smallest absolute Gasteiger partial charge is 0.254 e. The standard InChI is InChI=1S/C14H19N3O2.ClH/c1-10-9-16-6-7-17(10)14(19)12-5-3-4-11(8-12)13(18)15-2;/h3-5,8,10,16H,6-7,9H2,1-2H3,(H,15,18);1H. The van der Waals surface area contributed by atoms with E-state index in [4.69, 9.17) is 0 Å². The summed E-state index contributed by atoms with van der Waals surface area (Å²) in [5.41, 5.74) is 1.07. The molecule has 2 amide bonds. The number of carbonyl (C=O) groups is 2. The minimum Gasteiger partial charge on any atom is -0.355 e. The fourth-order valence-corrected chi connectivity index (χ4v) is 2.25. The first-order chi connectivity index (χ1) is 9.13. The van der Waals surface area contributed by atoms with Crippen molar-refractivity contribution in [2.45, 2.75) is 13.0 Å². The van der Waals surface area contributed by atoms with Crippen LogP contribution in [0.5, 0.6) is 0 Å². The second kappa shape index (κ2) is 7.26. The van der Waals surface area contributed by atoms with Gasteiger partial charge in [0.05, 0.1) is 0 Å². The summed E-state index contributed by atoms with van der Waals surface area (Å²) in [6, 6.07) is 7.02. The second-order valence-corrected chi connectivity index (χ2v) is 4.71. The molecule has 0 spiro atoms. The maximum atomic E-state index is 12.4. The quantitative estimate of drug-likeness (QED) is 0.853. The van der Waals surface area contributed by atoms with Gasteiger partial charge < -0.3 is 15.5 Å². The van der Waals surface area contributed by atoms with Gasteiger partial charge in [0.15, 0.2) is 0 Å². The van der Waals surface area contributed by atoms with E-state index < -0.39 is 0 Å². The maximum absolute atomic E-state index is 12.4. The molecule has 0 aliphatic carbocycles. The third-order valence-corrected chi connectivity index (χ3v) is 3.36. The Hall–Kier alpha value is -1.59. The zero-order valence-corrected chi connectivity index (χ0v) is 12.5. The SMILES string of the molecule is CNC(=O)c1cccc(C(=O)N2CCNCC2C)c1.Cl. The molecule has 1 aliphatic rings. The van der Waals surface area contributed by atoms with Crippen LogP contribution in [0, 0.1) is 0 Å². The van der Waals surface area contributed by atoms with Crippen LogP contribution in [0.2, 0.25) is 0 Å². The van der Waals surface area contributed by atoms with Gasteiger partial charge in [-0.15, -0.1) is 12.4 Å². The lowest BCUT2D eigenvalue weighted by molar-refractivity contribution is 0.0656. The Morgan fingerprint density at radius 3 is 2.70 bits per heavy atom. The molecule has 1 atom stereocenters. The minimum absolute atomic E-state index is 0. The van der Waals surface area contributed by atoms with E-state index in [0.717, 1.165) is 13.1 Å². The van der Waals surface area contributed by atoms with Gasteiger partial charge in [0.1, 0.15) is 0 Å². The number of benzene rings is 1. The van der Waals surface area contributed by atoms with E-state index in [0.29, 0.717) is 17.7 Å². The van der Waals surface area contributed by atoms with Crippen LogP contribution in [0.1, 0.15) is 27.6 Å². The topological polar surface area (TPSA) is 61.4 Å².